The summed E-state index contributed by atoms with van der Waals surface area (Å²) in [6.07, 6.45) is 1.76. The summed E-state index contributed by atoms with van der Waals surface area (Å²) >= 11 is 0. The monoisotopic (exact) mass is 264 g/mol. The Kier molecular flexibility index (Phi) is 2.90. The Hall–Kier alpha value is -1.28. The van der Waals surface area contributed by atoms with Gasteiger partial charge in [-0.15, -0.1) is 0 Å². The standard InChI is InChI=1S/C8H12N2O4S2/c1-15(11,12)7-5(9)3-4-6(10)8(7)16(2,13)14/h3-4H,9-10H2,1-2H3. The van der Waals surface area contributed by atoms with Crippen LogP contribution in [-0.2, 0) is 19.7 Å². The zero-order valence-corrected chi connectivity index (χ0v) is 10.4. The van der Waals surface area contributed by atoms with E-state index in [2.05, 4.69) is 0 Å². The summed E-state index contributed by atoms with van der Waals surface area (Å²) in [6, 6.07) is 2.53. The lowest BCUT2D eigenvalue weighted by Gasteiger charge is -2.11. The molecule has 0 aliphatic rings. The molecule has 1 aromatic rings. The fourth-order valence-corrected chi connectivity index (χ4v) is 4.17. The van der Waals surface area contributed by atoms with E-state index in [1.165, 1.54) is 12.1 Å². The van der Waals surface area contributed by atoms with Crippen molar-refractivity contribution in [2.75, 3.05) is 24.0 Å². The molecule has 0 atom stereocenters. The molecule has 0 heterocycles. The van der Waals surface area contributed by atoms with Crippen LogP contribution in [-0.4, -0.2) is 29.3 Å². The lowest BCUT2D eigenvalue weighted by atomic mass is 10.3. The number of sulfone groups is 2. The first-order chi connectivity index (χ1) is 7.05. The minimum atomic E-state index is -3.75. The highest BCUT2D eigenvalue weighted by atomic mass is 32.2. The fourth-order valence-electron chi connectivity index (χ4n) is 1.36. The molecule has 0 amide bonds. The van der Waals surface area contributed by atoms with Crippen molar-refractivity contribution in [1.82, 2.24) is 0 Å². The van der Waals surface area contributed by atoms with Crippen LogP contribution in [0.3, 0.4) is 0 Å². The number of nitrogen functional groups attached to an aromatic ring is 2. The summed E-state index contributed by atoms with van der Waals surface area (Å²) in [7, 11) is -7.51. The first kappa shape index (κ1) is 12.8. The molecular weight excluding hydrogens is 252 g/mol. The molecule has 90 valence electrons. The number of hydrogen-bond acceptors (Lipinski definition) is 6. The Bertz CT molecular complexity index is 575. The number of rotatable bonds is 2. The number of nitrogens with two attached hydrogens (primary N) is 2. The summed E-state index contributed by atoms with van der Waals surface area (Å²) in [5.74, 6) is 0. The molecule has 6 nitrogen and oxygen atoms in total. The van der Waals surface area contributed by atoms with E-state index in [4.69, 9.17) is 11.5 Å². The zero-order valence-electron chi connectivity index (χ0n) is 8.76. The van der Waals surface area contributed by atoms with E-state index in [-0.39, 0.29) is 11.4 Å². The molecule has 1 aromatic carbocycles. The maximum atomic E-state index is 11.5. The first-order valence-corrected chi connectivity index (χ1v) is 7.91. The SMILES string of the molecule is CS(=O)(=O)c1c(N)ccc(N)c1S(C)(=O)=O. The maximum Gasteiger partial charge on any atom is 0.178 e. The Balaban J connectivity index is 3.93. The molecule has 4 N–H and O–H groups in total. The third kappa shape index (κ3) is 2.27. The second kappa shape index (κ2) is 3.63. The average Bonchev–Trinajstić information content (AvgIpc) is 2.04. The van der Waals surface area contributed by atoms with Gasteiger partial charge in [-0.3, -0.25) is 0 Å². The maximum absolute atomic E-state index is 11.5. The lowest BCUT2D eigenvalue weighted by molar-refractivity contribution is 0.589. The van der Waals surface area contributed by atoms with Gasteiger partial charge in [-0.25, -0.2) is 16.8 Å². The van der Waals surface area contributed by atoms with Crippen molar-refractivity contribution in [3.05, 3.63) is 12.1 Å². The highest BCUT2D eigenvalue weighted by Crippen LogP contribution is 2.31. The number of anilines is 2. The highest BCUT2D eigenvalue weighted by Gasteiger charge is 2.25. The Morgan fingerprint density at radius 3 is 1.25 bits per heavy atom. The van der Waals surface area contributed by atoms with Crippen LogP contribution >= 0.6 is 0 Å². The molecule has 0 radical (unpaired) electrons. The third-order valence-corrected chi connectivity index (χ3v) is 4.41. The Morgan fingerprint density at radius 1 is 0.812 bits per heavy atom. The predicted octanol–water partition coefficient (Wildman–Crippen LogP) is -0.342. The van der Waals surface area contributed by atoms with Gasteiger partial charge in [-0.2, -0.15) is 0 Å². The highest BCUT2D eigenvalue weighted by molar-refractivity contribution is 7.94. The summed E-state index contributed by atoms with van der Waals surface area (Å²) in [5.41, 5.74) is 10.7. The van der Waals surface area contributed by atoms with Crippen molar-refractivity contribution >= 4 is 31.0 Å². The molecule has 16 heavy (non-hydrogen) atoms. The van der Waals surface area contributed by atoms with Crippen LogP contribution in [0.25, 0.3) is 0 Å². The molecule has 0 bridgehead atoms. The van der Waals surface area contributed by atoms with Crippen molar-refractivity contribution in [2.24, 2.45) is 0 Å². The summed E-state index contributed by atoms with van der Waals surface area (Å²) in [5, 5.41) is 0. The van der Waals surface area contributed by atoms with Gasteiger partial charge >= 0.3 is 0 Å². The van der Waals surface area contributed by atoms with E-state index < -0.39 is 29.5 Å². The molecular formula is C8H12N2O4S2. The molecule has 0 aromatic heterocycles. The molecule has 8 heteroatoms. The molecule has 1 rings (SSSR count). The van der Waals surface area contributed by atoms with Crippen LogP contribution in [0.1, 0.15) is 0 Å². The van der Waals surface area contributed by atoms with Gasteiger partial charge < -0.3 is 11.5 Å². The van der Waals surface area contributed by atoms with E-state index in [0.29, 0.717) is 0 Å². The van der Waals surface area contributed by atoms with Crippen molar-refractivity contribution in [1.29, 1.82) is 0 Å². The van der Waals surface area contributed by atoms with Crippen LogP contribution in [0, 0.1) is 0 Å². The Morgan fingerprint density at radius 2 is 1.06 bits per heavy atom. The summed E-state index contributed by atoms with van der Waals surface area (Å²) in [4.78, 5) is -0.870. The second-order valence-electron chi connectivity index (χ2n) is 3.45. The fraction of sp³-hybridized carbons (Fsp3) is 0.250. The molecule has 0 saturated heterocycles. The van der Waals surface area contributed by atoms with Crippen molar-refractivity contribution in [3.8, 4) is 0 Å². The largest absolute Gasteiger partial charge is 0.398 e. The molecule has 0 fully saturated rings. The second-order valence-corrected chi connectivity index (χ2v) is 7.35. The minimum Gasteiger partial charge on any atom is -0.398 e. The normalized spacial score (nSPS) is 12.6. The lowest BCUT2D eigenvalue weighted by Crippen LogP contribution is -2.13. The van der Waals surface area contributed by atoms with Gasteiger partial charge in [0.05, 0.1) is 11.4 Å². The molecule has 0 aliphatic heterocycles. The first-order valence-electron chi connectivity index (χ1n) is 4.13. The number of benzene rings is 1. The molecule has 0 saturated carbocycles. The molecule has 0 unspecified atom stereocenters. The van der Waals surface area contributed by atoms with Crippen LogP contribution < -0.4 is 11.5 Å². The van der Waals surface area contributed by atoms with Gasteiger partial charge in [0.2, 0.25) is 0 Å². The summed E-state index contributed by atoms with van der Waals surface area (Å²) in [6.45, 7) is 0. The topological polar surface area (TPSA) is 120 Å². The van der Waals surface area contributed by atoms with Crippen LogP contribution in [0.2, 0.25) is 0 Å². The number of hydrogen-bond donors (Lipinski definition) is 2. The van der Waals surface area contributed by atoms with Crippen LogP contribution in [0.4, 0.5) is 11.4 Å². The Labute approximate surface area is 94.1 Å². The van der Waals surface area contributed by atoms with Gasteiger partial charge in [0.15, 0.2) is 19.7 Å². The molecule has 0 spiro atoms. The van der Waals surface area contributed by atoms with Crippen molar-refractivity contribution in [3.63, 3.8) is 0 Å². The predicted molar refractivity (Wildman–Crippen MR) is 61.5 cm³/mol. The van der Waals surface area contributed by atoms with Crippen LogP contribution in [0.5, 0.6) is 0 Å². The van der Waals surface area contributed by atoms with Gasteiger partial charge in [-0.1, -0.05) is 0 Å². The average molecular weight is 264 g/mol. The zero-order chi connectivity index (χ0) is 12.7. The minimum absolute atomic E-state index is 0.128. The van der Waals surface area contributed by atoms with E-state index in [1.807, 2.05) is 0 Å². The van der Waals surface area contributed by atoms with Gasteiger partial charge in [-0.05, 0) is 12.1 Å². The van der Waals surface area contributed by atoms with E-state index in [0.717, 1.165) is 12.5 Å². The smallest absolute Gasteiger partial charge is 0.178 e. The van der Waals surface area contributed by atoms with E-state index >= 15 is 0 Å². The van der Waals surface area contributed by atoms with Crippen molar-refractivity contribution < 1.29 is 16.8 Å². The van der Waals surface area contributed by atoms with Gasteiger partial charge in [0.25, 0.3) is 0 Å². The molecule has 0 aliphatic carbocycles. The van der Waals surface area contributed by atoms with E-state index in [9.17, 15) is 16.8 Å². The van der Waals surface area contributed by atoms with Crippen molar-refractivity contribution in [2.45, 2.75) is 9.79 Å². The third-order valence-electron chi connectivity index (χ3n) is 1.91. The van der Waals surface area contributed by atoms with Gasteiger partial charge in [0.1, 0.15) is 9.79 Å². The summed E-state index contributed by atoms with van der Waals surface area (Å²) < 4.78 is 45.9. The van der Waals surface area contributed by atoms with Gasteiger partial charge in [0, 0.05) is 12.5 Å². The van der Waals surface area contributed by atoms with E-state index in [1.54, 1.807) is 0 Å². The quantitative estimate of drug-likeness (QED) is 0.705. The van der Waals surface area contributed by atoms with Crippen LogP contribution in [0.15, 0.2) is 21.9 Å².